The molecule has 2 aliphatic heterocycles. The van der Waals surface area contributed by atoms with E-state index in [9.17, 15) is 9.90 Å². The van der Waals surface area contributed by atoms with Gasteiger partial charge in [0.1, 0.15) is 18.0 Å². The minimum atomic E-state index is -0.872. The molecule has 2 saturated heterocycles. The van der Waals surface area contributed by atoms with E-state index in [0.717, 1.165) is 78.2 Å². The number of fused-ring (bicyclic) bond motifs is 2. The van der Waals surface area contributed by atoms with Crippen molar-refractivity contribution in [3.63, 3.8) is 0 Å². The molecular formula is C30H38N8O2. The molecule has 1 amide bonds. The summed E-state index contributed by atoms with van der Waals surface area (Å²) in [5, 5.41) is 16.0. The summed E-state index contributed by atoms with van der Waals surface area (Å²) in [6.45, 7) is 12.3. The number of hydrogen-bond donors (Lipinski definition) is 1. The zero-order chi connectivity index (χ0) is 28.2. The highest BCUT2D eigenvalue weighted by molar-refractivity contribution is 5.92. The van der Waals surface area contributed by atoms with Gasteiger partial charge in [-0.2, -0.15) is 5.10 Å². The molecule has 2 fully saturated rings. The fourth-order valence-corrected chi connectivity index (χ4v) is 6.61. The third-order valence-corrected chi connectivity index (χ3v) is 8.35. The van der Waals surface area contributed by atoms with Gasteiger partial charge >= 0.3 is 6.09 Å². The number of aromatic nitrogens is 5. The maximum absolute atomic E-state index is 12.1. The lowest BCUT2D eigenvalue weighted by Crippen LogP contribution is -2.52. The van der Waals surface area contributed by atoms with Crippen molar-refractivity contribution in [1.29, 1.82) is 0 Å². The smallest absolute Gasteiger partial charge is 0.408 e. The monoisotopic (exact) mass is 542 g/mol. The first-order chi connectivity index (χ1) is 19.1. The van der Waals surface area contributed by atoms with Gasteiger partial charge in [0.05, 0.1) is 23.3 Å². The molecule has 10 heteroatoms. The van der Waals surface area contributed by atoms with Crippen LogP contribution in [-0.2, 0) is 0 Å². The van der Waals surface area contributed by atoms with E-state index < -0.39 is 11.6 Å². The van der Waals surface area contributed by atoms with Crippen molar-refractivity contribution >= 4 is 34.3 Å². The van der Waals surface area contributed by atoms with Gasteiger partial charge in [0.2, 0.25) is 0 Å². The van der Waals surface area contributed by atoms with Crippen LogP contribution in [0.15, 0.2) is 36.8 Å². The van der Waals surface area contributed by atoms with E-state index >= 15 is 0 Å². The number of benzene rings is 1. The third kappa shape index (κ3) is 4.59. The molecule has 0 bridgehead atoms. The van der Waals surface area contributed by atoms with E-state index in [1.54, 1.807) is 11.2 Å². The number of anilines is 2. The topological polar surface area (TPSA) is 103 Å². The van der Waals surface area contributed by atoms with Crippen LogP contribution in [0.3, 0.4) is 0 Å². The first kappa shape index (κ1) is 26.3. The zero-order valence-corrected chi connectivity index (χ0v) is 24.0. The van der Waals surface area contributed by atoms with Crippen LogP contribution in [0.5, 0.6) is 0 Å². The summed E-state index contributed by atoms with van der Waals surface area (Å²) >= 11 is 0. The molecule has 2 aliphatic rings. The van der Waals surface area contributed by atoms with Crippen LogP contribution < -0.4 is 9.80 Å². The van der Waals surface area contributed by atoms with Crippen molar-refractivity contribution in [3.05, 3.63) is 53.6 Å². The van der Waals surface area contributed by atoms with Crippen molar-refractivity contribution in [2.75, 3.05) is 29.4 Å². The van der Waals surface area contributed by atoms with Crippen molar-refractivity contribution in [2.45, 2.75) is 77.9 Å². The quantitative estimate of drug-likeness (QED) is 0.367. The molecule has 5 heterocycles. The molecular weight excluding hydrogens is 504 g/mol. The molecule has 210 valence electrons. The molecule has 1 N–H and O–H groups in total. The first-order valence-electron chi connectivity index (χ1n) is 14.2. The largest absolute Gasteiger partial charge is 0.465 e. The normalized spacial score (nSPS) is 20.0. The summed E-state index contributed by atoms with van der Waals surface area (Å²) in [5.74, 6) is 1.87. The molecule has 0 aliphatic carbocycles. The summed E-state index contributed by atoms with van der Waals surface area (Å²) < 4.78 is 1.89. The number of rotatable bonds is 4. The maximum Gasteiger partial charge on any atom is 0.408 e. The van der Waals surface area contributed by atoms with Crippen LogP contribution >= 0.6 is 0 Å². The van der Waals surface area contributed by atoms with E-state index in [-0.39, 0.29) is 12.1 Å². The Balaban J connectivity index is 1.32. The average molecular weight is 543 g/mol. The lowest BCUT2D eigenvalue weighted by molar-refractivity contribution is 0.0763. The fraction of sp³-hybridized carbons (Fsp3) is 0.500. The Kier molecular flexibility index (Phi) is 6.51. The summed E-state index contributed by atoms with van der Waals surface area (Å²) in [7, 11) is 0. The predicted octanol–water partition coefficient (Wildman–Crippen LogP) is 5.38. The standard InChI is InChI=1S/C30H38N8O2/c1-19-9-8-10-22-26(19)28(32-18-31-22)36-13-7-6-11-24(36)23-15-25-33-27(20(2)16-37(25)34-23)35-14-12-21(17-35)38(29(39)40)30(3,4)5/h8-10,15-16,18,21,24H,6-7,11-14,17H2,1-5H3,(H,39,40)/t21-,24?/m0/s1. The van der Waals surface area contributed by atoms with Gasteiger partial charge in [-0.1, -0.05) is 12.1 Å². The molecule has 4 aromatic rings. The highest BCUT2D eigenvalue weighted by Gasteiger charge is 2.38. The molecule has 0 saturated carbocycles. The Morgan fingerprint density at radius 1 is 1.05 bits per heavy atom. The van der Waals surface area contributed by atoms with Crippen LogP contribution in [0.2, 0.25) is 0 Å². The van der Waals surface area contributed by atoms with Gasteiger partial charge in [-0.05, 0) is 71.9 Å². The second-order valence-corrected chi connectivity index (χ2v) is 12.2. The van der Waals surface area contributed by atoms with E-state index in [1.807, 2.05) is 43.6 Å². The second-order valence-electron chi connectivity index (χ2n) is 12.2. The van der Waals surface area contributed by atoms with E-state index in [1.165, 1.54) is 5.56 Å². The highest BCUT2D eigenvalue weighted by Crippen LogP contribution is 2.38. The third-order valence-electron chi connectivity index (χ3n) is 8.35. The van der Waals surface area contributed by atoms with E-state index in [4.69, 9.17) is 15.1 Å². The number of amides is 1. The van der Waals surface area contributed by atoms with Gasteiger partial charge in [-0.3, -0.25) is 4.90 Å². The Labute approximate surface area is 234 Å². The van der Waals surface area contributed by atoms with Crippen LogP contribution in [-0.4, -0.2) is 71.9 Å². The van der Waals surface area contributed by atoms with Crippen LogP contribution in [0, 0.1) is 13.8 Å². The van der Waals surface area contributed by atoms with Crippen LogP contribution in [0.1, 0.15) is 69.3 Å². The molecule has 2 atom stereocenters. The van der Waals surface area contributed by atoms with Crippen molar-refractivity contribution in [3.8, 4) is 0 Å². The number of hydrogen-bond acceptors (Lipinski definition) is 7. The molecule has 1 unspecified atom stereocenters. The fourth-order valence-electron chi connectivity index (χ4n) is 6.61. The zero-order valence-electron chi connectivity index (χ0n) is 24.0. The van der Waals surface area contributed by atoms with Gasteiger partial charge in [-0.25, -0.2) is 24.3 Å². The van der Waals surface area contributed by atoms with Gasteiger partial charge in [0, 0.05) is 48.4 Å². The maximum atomic E-state index is 12.1. The van der Waals surface area contributed by atoms with E-state index in [0.29, 0.717) is 6.54 Å². The number of carboxylic acid groups (broad SMARTS) is 1. The molecule has 0 spiro atoms. The first-order valence-corrected chi connectivity index (χ1v) is 14.2. The lowest BCUT2D eigenvalue weighted by Gasteiger charge is -2.38. The minimum absolute atomic E-state index is 0.0719. The van der Waals surface area contributed by atoms with Gasteiger partial charge < -0.3 is 14.9 Å². The van der Waals surface area contributed by atoms with Crippen molar-refractivity contribution < 1.29 is 9.90 Å². The molecule has 3 aromatic heterocycles. The SMILES string of the molecule is Cc1cn2nc(C3CCCCN3c3ncnc4cccc(C)c34)cc2nc1N1CC[C@H](N(C(=O)O)C(C)(C)C)C1. The van der Waals surface area contributed by atoms with Crippen molar-refractivity contribution in [2.24, 2.45) is 0 Å². The van der Waals surface area contributed by atoms with Gasteiger partial charge in [0.25, 0.3) is 0 Å². The second kappa shape index (κ2) is 9.91. The average Bonchev–Trinajstić information content (AvgIpc) is 3.54. The molecule has 1 aromatic carbocycles. The molecule has 10 nitrogen and oxygen atoms in total. The number of carbonyl (C=O) groups is 1. The highest BCUT2D eigenvalue weighted by atomic mass is 16.4. The number of piperidine rings is 1. The Morgan fingerprint density at radius 2 is 1.88 bits per heavy atom. The van der Waals surface area contributed by atoms with Crippen LogP contribution in [0.4, 0.5) is 16.4 Å². The number of aryl methyl sites for hydroxylation is 2. The Morgan fingerprint density at radius 3 is 2.65 bits per heavy atom. The Bertz CT molecular complexity index is 1570. The van der Waals surface area contributed by atoms with Gasteiger partial charge in [0.15, 0.2) is 5.65 Å². The minimum Gasteiger partial charge on any atom is -0.465 e. The summed E-state index contributed by atoms with van der Waals surface area (Å²) in [5.41, 5.74) is 4.50. The summed E-state index contributed by atoms with van der Waals surface area (Å²) in [6.07, 6.45) is 6.87. The van der Waals surface area contributed by atoms with Crippen molar-refractivity contribution in [1.82, 2.24) is 29.5 Å². The Hall–Kier alpha value is -3.95. The molecule has 0 radical (unpaired) electrons. The predicted molar refractivity (Wildman–Crippen MR) is 156 cm³/mol. The molecule has 40 heavy (non-hydrogen) atoms. The summed E-state index contributed by atoms with van der Waals surface area (Å²) in [6, 6.07) is 8.34. The van der Waals surface area contributed by atoms with E-state index in [2.05, 4.69) is 40.8 Å². The summed E-state index contributed by atoms with van der Waals surface area (Å²) in [4.78, 5) is 32.6. The lowest BCUT2D eigenvalue weighted by atomic mass is 9.98. The van der Waals surface area contributed by atoms with Crippen LogP contribution in [0.25, 0.3) is 16.6 Å². The number of nitrogens with zero attached hydrogens (tertiary/aromatic N) is 8. The molecule has 6 rings (SSSR count). The van der Waals surface area contributed by atoms with Gasteiger partial charge in [-0.15, -0.1) is 0 Å².